The van der Waals surface area contributed by atoms with Gasteiger partial charge in [-0.1, -0.05) is 18.2 Å². The molecule has 50 heavy (non-hydrogen) atoms. The summed E-state index contributed by atoms with van der Waals surface area (Å²) in [5, 5.41) is 2.93. The molecule has 0 saturated carbocycles. The van der Waals surface area contributed by atoms with Gasteiger partial charge < -0.3 is 38.6 Å². The first-order valence-electron chi connectivity index (χ1n) is 16.1. The molecule has 0 aromatic heterocycles. The highest BCUT2D eigenvalue weighted by molar-refractivity contribution is 6.11. The summed E-state index contributed by atoms with van der Waals surface area (Å²) < 4.78 is 47.2. The number of benzene rings is 3. The molecule has 0 spiro atoms. The van der Waals surface area contributed by atoms with E-state index in [2.05, 4.69) is 5.32 Å². The third kappa shape index (κ3) is 10.0. The highest BCUT2D eigenvalue weighted by atomic mass is 19.1. The number of likely N-dealkylation sites (tertiary alicyclic amines) is 1. The zero-order valence-electron chi connectivity index (χ0n) is 29.1. The third-order valence-corrected chi connectivity index (χ3v) is 7.71. The number of ketones is 1. The van der Waals surface area contributed by atoms with Crippen LogP contribution in [0, 0.1) is 12.7 Å². The summed E-state index contributed by atoms with van der Waals surface area (Å²) in [5.41, 5.74) is -0.138. The molecule has 1 N–H and O–H groups in total. The van der Waals surface area contributed by atoms with Crippen molar-refractivity contribution >= 4 is 23.8 Å². The number of hydrogen-bond acceptors (Lipinski definition) is 10. The van der Waals surface area contributed by atoms with Crippen molar-refractivity contribution in [3.63, 3.8) is 0 Å². The van der Waals surface area contributed by atoms with Crippen LogP contribution in [0.4, 0.5) is 9.18 Å². The van der Waals surface area contributed by atoms with Gasteiger partial charge in [-0.2, -0.15) is 0 Å². The van der Waals surface area contributed by atoms with Crippen LogP contribution < -0.4 is 14.8 Å². The summed E-state index contributed by atoms with van der Waals surface area (Å²) in [5.74, 6) is -1.96. The molecule has 0 aliphatic carbocycles. The van der Waals surface area contributed by atoms with Crippen molar-refractivity contribution in [2.75, 3.05) is 40.9 Å². The zero-order chi connectivity index (χ0) is 36.4. The third-order valence-electron chi connectivity index (χ3n) is 7.71. The average molecular weight is 695 g/mol. The van der Waals surface area contributed by atoms with Gasteiger partial charge >= 0.3 is 12.1 Å². The maximum Gasteiger partial charge on any atom is 0.410 e. The number of rotatable bonds is 12. The lowest BCUT2D eigenvalue weighted by molar-refractivity contribution is 0.0127. The molecule has 1 aliphatic rings. The largest absolute Gasteiger partial charge is 0.468 e. The van der Waals surface area contributed by atoms with Crippen LogP contribution >= 0.6 is 0 Å². The van der Waals surface area contributed by atoms with E-state index in [1.165, 1.54) is 62.4 Å². The Labute approximate surface area is 290 Å². The molecule has 1 saturated heterocycles. The van der Waals surface area contributed by atoms with Crippen molar-refractivity contribution in [3.05, 3.63) is 94.3 Å². The van der Waals surface area contributed by atoms with Gasteiger partial charge in [-0.15, -0.1) is 0 Å². The van der Waals surface area contributed by atoms with Gasteiger partial charge in [0.25, 0.3) is 5.91 Å². The highest BCUT2D eigenvalue weighted by Gasteiger charge is 2.35. The van der Waals surface area contributed by atoms with E-state index < -0.39 is 47.3 Å². The second-order valence-electron chi connectivity index (χ2n) is 12.7. The summed E-state index contributed by atoms with van der Waals surface area (Å²) in [6.45, 7) is 7.04. The fourth-order valence-corrected chi connectivity index (χ4v) is 5.21. The average Bonchev–Trinajstić information content (AvgIpc) is 3.29. The van der Waals surface area contributed by atoms with Gasteiger partial charge in [0, 0.05) is 38.4 Å². The molecule has 3 aromatic carbocycles. The molecule has 1 aliphatic heterocycles. The fourth-order valence-electron chi connectivity index (χ4n) is 5.21. The number of carbonyl (C=O) groups is 4. The number of nitrogens with one attached hydrogen (secondary N) is 1. The molecular formula is C37H43FN2O10. The van der Waals surface area contributed by atoms with Crippen molar-refractivity contribution in [1.29, 1.82) is 0 Å². The molecule has 2 amide bonds. The molecular weight excluding hydrogens is 651 g/mol. The lowest BCUT2D eigenvalue weighted by atomic mass is 9.98. The van der Waals surface area contributed by atoms with Crippen LogP contribution in [-0.2, 0) is 18.9 Å². The highest BCUT2D eigenvalue weighted by Crippen LogP contribution is 2.28. The minimum Gasteiger partial charge on any atom is -0.468 e. The topological polar surface area (TPSA) is 139 Å². The smallest absolute Gasteiger partial charge is 0.410 e. The van der Waals surface area contributed by atoms with E-state index in [1.54, 1.807) is 45.0 Å². The van der Waals surface area contributed by atoms with E-state index in [1.807, 2.05) is 0 Å². The van der Waals surface area contributed by atoms with Gasteiger partial charge in [-0.25, -0.2) is 14.0 Å². The molecule has 0 unspecified atom stereocenters. The van der Waals surface area contributed by atoms with Gasteiger partial charge in [-0.05, 0) is 88.6 Å². The van der Waals surface area contributed by atoms with Crippen molar-refractivity contribution in [3.8, 4) is 11.5 Å². The Morgan fingerprint density at radius 3 is 2.12 bits per heavy atom. The number of amides is 2. The molecule has 0 bridgehead atoms. The number of halogens is 1. The summed E-state index contributed by atoms with van der Waals surface area (Å²) in [6.07, 6.45) is -0.554. The Morgan fingerprint density at radius 2 is 1.48 bits per heavy atom. The summed E-state index contributed by atoms with van der Waals surface area (Å²) in [4.78, 5) is 54.7. The van der Waals surface area contributed by atoms with Crippen LogP contribution in [0.3, 0.4) is 0 Å². The first-order valence-corrected chi connectivity index (χ1v) is 16.1. The van der Waals surface area contributed by atoms with Gasteiger partial charge in [0.1, 0.15) is 34.6 Å². The monoisotopic (exact) mass is 694 g/mol. The first kappa shape index (κ1) is 37.8. The Morgan fingerprint density at radius 1 is 0.860 bits per heavy atom. The lowest BCUT2D eigenvalue weighted by Crippen LogP contribution is -2.51. The van der Waals surface area contributed by atoms with Crippen molar-refractivity contribution in [2.45, 2.75) is 58.3 Å². The van der Waals surface area contributed by atoms with E-state index in [-0.39, 0.29) is 48.1 Å². The molecule has 1 heterocycles. The molecule has 268 valence electrons. The number of aryl methyl sites for hydroxylation is 1. The Hall–Kier alpha value is -5.01. The van der Waals surface area contributed by atoms with Crippen molar-refractivity contribution < 1.29 is 52.0 Å². The number of carbonyl (C=O) groups excluding carboxylic acids is 4. The predicted molar refractivity (Wildman–Crippen MR) is 180 cm³/mol. The molecule has 1 fully saturated rings. The maximum atomic E-state index is 15.1. The lowest BCUT2D eigenvalue weighted by Gasteiger charge is -2.30. The second kappa shape index (κ2) is 17.1. The van der Waals surface area contributed by atoms with Gasteiger partial charge in [0.05, 0.1) is 11.6 Å². The standard InChI is InChI=1S/C37H43FN2O10/c1-23-9-18-30(48-22-46-6)31(32(23)38)33(41)24-10-12-26(13-11-24)35(43)49-29-8-7-19-40(36(44)50-37(2,3)4)20-28(29)39-34(42)25-14-16-27(17-15-25)47-21-45-5/h9-18,28-29H,7-8,19-22H2,1-6H3,(H,39,42)/t28-,29-/m1/s1. The number of nitrogens with zero attached hydrogens (tertiary/aromatic N) is 1. The number of esters is 1. The van der Waals surface area contributed by atoms with Crippen LogP contribution in [0.15, 0.2) is 60.7 Å². The summed E-state index contributed by atoms with van der Waals surface area (Å²) >= 11 is 0. The SMILES string of the molecule is COCOc1ccc(C(=O)N[C@@H]2CN(C(=O)OC(C)(C)C)CCC[C@H]2OC(=O)c2ccc(C(=O)c3c(OCOC)ccc(C)c3F)cc2)cc1. The predicted octanol–water partition coefficient (Wildman–Crippen LogP) is 5.69. The maximum absolute atomic E-state index is 15.1. The molecule has 12 nitrogen and oxygen atoms in total. The molecule has 4 rings (SSSR count). The van der Waals surface area contributed by atoms with E-state index in [0.29, 0.717) is 30.7 Å². The van der Waals surface area contributed by atoms with Crippen molar-refractivity contribution in [2.24, 2.45) is 0 Å². The Balaban J connectivity index is 1.53. The van der Waals surface area contributed by atoms with E-state index in [4.69, 9.17) is 28.4 Å². The van der Waals surface area contributed by atoms with Crippen LogP contribution in [-0.4, -0.2) is 87.3 Å². The minimum absolute atomic E-state index is 0.0244. The molecule has 0 radical (unpaired) electrons. The number of hydrogen-bond donors (Lipinski definition) is 1. The summed E-state index contributed by atoms with van der Waals surface area (Å²) in [6, 6.07) is 14.2. The molecule has 2 atom stereocenters. The first-order chi connectivity index (χ1) is 23.8. The number of ether oxygens (including phenoxy) is 6. The summed E-state index contributed by atoms with van der Waals surface area (Å²) in [7, 11) is 2.91. The van der Waals surface area contributed by atoms with Crippen LogP contribution in [0.5, 0.6) is 11.5 Å². The van der Waals surface area contributed by atoms with Gasteiger partial charge in [0.15, 0.2) is 19.4 Å². The van der Waals surface area contributed by atoms with E-state index >= 15 is 4.39 Å². The van der Waals surface area contributed by atoms with E-state index in [9.17, 15) is 19.2 Å². The number of methoxy groups -OCH3 is 2. The molecule has 13 heteroatoms. The Bertz CT molecular complexity index is 1650. The zero-order valence-corrected chi connectivity index (χ0v) is 29.1. The van der Waals surface area contributed by atoms with Crippen LogP contribution in [0.1, 0.15) is 75.8 Å². The van der Waals surface area contributed by atoms with E-state index in [0.717, 1.165) is 0 Å². The quantitative estimate of drug-likeness (QED) is 0.143. The minimum atomic E-state index is -0.814. The van der Waals surface area contributed by atoms with Crippen LogP contribution in [0.25, 0.3) is 0 Å². The van der Waals surface area contributed by atoms with Crippen LogP contribution in [0.2, 0.25) is 0 Å². The normalized spacial score (nSPS) is 16.2. The second-order valence-corrected chi connectivity index (χ2v) is 12.7. The Kier molecular flexibility index (Phi) is 12.9. The van der Waals surface area contributed by atoms with Gasteiger partial charge in [0.2, 0.25) is 0 Å². The fraction of sp³-hybridized carbons (Fsp3) is 0.405. The molecule has 3 aromatic rings. The van der Waals surface area contributed by atoms with Crippen molar-refractivity contribution in [1.82, 2.24) is 10.2 Å². The van der Waals surface area contributed by atoms with Gasteiger partial charge in [-0.3, -0.25) is 9.59 Å².